The summed E-state index contributed by atoms with van der Waals surface area (Å²) in [6, 6.07) is 65.2. The van der Waals surface area contributed by atoms with E-state index in [9.17, 15) is 0 Å². The number of thiophene rings is 1. The molecule has 2 heteroatoms. The minimum atomic E-state index is -0.0986. The van der Waals surface area contributed by atoms with Gasteiger partial charge in [0, 0.05) is 48.2 Å². The lowest BCUT2D eigenvalue weighted by molar-refractivity contribution is 0.661. The minimum Gasteiger partial charge on any atom is -0.310 e. The van der Waals surface area contributed by atoms with Crippen molar-refractivity contribution in [3.05, 3.63) is 187 Å². The van der Waals surface area contributed by atoms with E-state index in [-0.39, 0.29) is 5.41 Å². The molecule has 0 fully saturated rings. The van der Waals surface area contributed by atoms with Gasteiger partial charge < -0.3 is 4.90 Å². The maximum absolute atomic E-state index is 2.46. The predicted molar refractivity (Wildman–Crippen MR) is 230 cm³/mol. The Hall–Kier alpha value is -6.22. The molecule has 1 heterocycles. The van der Waals surface area contributed by atoms with Crippen LogP contribution in [-0.2, 0) is 5.41 Å². The van der Waals surface area contributed by atoms with Gasteiger partial charge >= 0.3 is 0 Å². The standard InChI is InChI=1S/C51H35NS/c1-51(2)46-28-25-36(31-45(46)49-47(51)29-27-43-42-18-10-11-19-48(42)53-50(43)49)52(34-22-20-33(21-23-34)32-12-4-3-5-13-32)35-24-26-41-39-16-7-6-14-37(39)38-15-8-9-17-40(38)44(41)30-35/h3-31H,1-2H3. The van der Waals surface area contributed by atoms with Gasteiger partial charge in [-0.2, -0.15) is 0 Å². The number of anilines is 3. The lowest BCUT2D eigenvalue weighted by Gasteiger charge is -2.28. The molecule has 250 valence electrons. The van der Waals surface area contributed by atoms with Crippen LogP contribution < -0.4 is 4.90 Å². The van der Waals surface area contributed by atoms with E-state index in [0.717, 1.165) is 17.1 Å². The van der Waals surface area contributed by atoms with Gasteiger partial charge in [0.2, 0.25) is 0 Å². The highest BCUT2D eigenvalue weighted by atomic mass is 32.1. The molecule has 0 aliphatic heterocycles. The van der Waals surface area contributed by atoms with E-state index < -0.39 is 0 Å². The Kier molecular flexibility index (Phi) is 6.53. The fourth-order valence-corrected chi connectivity index (χ4v) is 10.3. The average Bonchev–Trinajstić information content (AvgIpc) is 3.70. The normalized spacial score (nSPS) is 13.2. The number of hydrogen-bond acceptors (Lipinski definition) is 2. The zero-order valence-corrected chi connectivity index (χ0v) is 30.4. The zero-order valence-electron chi connectivity index (χ0n) is 29.6. The van der Waals surface area contributed by atoms with Gasteiger partial charge in [-0.25, -0.2) is 0 Å². The van der Waals surface area contributed by atoms with Gasteiger partial charge in [-0.3, -0.25) is 0 Å². The molecule has 1 aliphatic rings. The van der Waals surface area contributed by atoms with Gasteiger partial charge in [0.05, 0.1) is 0 Å². The molecular weight excluding hydrogens is 659 g/mol. The molecule has 0 unspecified atom stereocenters. The molecule has 53 heavy (non-hydrogen) atoms. The van der Waals surface area contributed by atoms with Crippen LogP contribution in [0.5, 0.6) is 0 Å². The van der Waals surface area contributed by atoms with Gasteiger partial charge in [0.25, 0.3) is 0 Å². The van der Waals surface area contributed by atoms with Crippen molar-refractivity contribution in [1.29, 1.82) is 0 Å². The molecule has 1 aliphatic carbocycles. The fourth-order valence-electron chi connectivity index (χ4n) is 9.06. The molecule has 11 rings (SSSR count). The van der Waals surface area contributed by atoms with Gasteiger partial charge in [0.1, 0.15) is 0 Å². The summed E-state index contributed by atoms with van der Waals surface area (Å²) in [6.07, 6.45) is 0. The van der Waals surface area contributed by atoms with E-state index in [1.54, 1.807) is 0 Å². The van der Waals surface area contributed by atoms with Crippen LogP contribution in [0.25, 0.3) is 74.7 Å². The Bertz CT molecular complexity index is 3040. The highest BCUT2D eigenvalue weighted by Crippen LogP contribution is 2.55. The summed E-state index contributed by atoms with van der Waals surface area (Å²) in [5, 5.41) is 10.4. The average molecular weight is 694 g/mol. The van der Waals surface area contributed by atoms with E-state index in [1.807, 2.05) is 11.3 Å². The van der Waals surface area contributed by atoms with E-state index in [2.05, 4.69) is 195 Å². The second-order valence-electron chi connectivity index (χ2n) is 14.9. The van der Waals surface area contributed by atoms with Crippen LogP contribution in [0.4, 0.5) is 17.1 Å². The van der Waals surface area contributed by atoms with Crippen molar-refractivity contribution in [2.45, 2.75) is 19.3 Å². The molecule has 1 nitrogen and oxygen atoms in total. The summed E-state index contributed by atoms with van der Waals surface area (Å²) in [7, 11) is 0. The second-order valence-corrected chi connectivity index (χ2v) is 15.9. The van der Waals surface area contributed by atoms with Crippen molar-refractivity contribution in [3.8, 4) is 22.3 Å². The lowest BCUT2D eigenvalue weighted by Crippen LogP contribution is -2.15. The predicted octanol–water partition coefficient (Wildman–Crippen LogP) is 15.0. The number of benzene rings is 9. The van der Waals surface area contributed by atoms with Crippen LogP contribution in [0.2, 0.25) is 0 Å². The Morgan fingerprint density at radius 2 is 0.906 bits per heavy atom. The van der Waals surface area contributed by atoms with Crippen molar-refractivity contribution in [1.82, 2.24) is 0 Å². The molecule has 10 aromatic rings. The third kappa shape index (κ3) is 4.49. The molecule has 0 saturated heterocycles. The van der Waals surface area contributed by atoms with Crippen molar-refractivity contribution < 1.29 is 0 Å². The molecule has 0 radical (unpaired) electrons. The van der Waals surface area contributed by atoms with E-state index in [0.29, 0.717) is 0 Å². The first-order chi connectivity index (χ1) is 26.0. The third-order valence-corrected chi connectivity index (χ3v) is 12.8. The van der Waals surface area contributed by atoms with E-state index in [1.165, 1.54) is 85.9 Å². The zero-order chi connectivity index (χ0) is 35.3. The Balaban J connectivity index is 1.16. The molecule has 0 bridgehead atoms. The van der Waals surface area contributed by atoms with E-state index in [4.69, 9.17) is 0 Å². The second kappa shape index (κ2) is 11.4. The van der Waals surface area contributed by atoms with Crippen molar-refractivity contribution in [2.75, 3.05) is 4.90 Å². The summed E-state index contributed by atoms with van der Waals surface area (Å²) < 4.78 is 2.73. The maximum atomic E-state index is 2.46. The topological polar surface area (TPSA) is 3.24 Å². The first-order valence-corrected chi connectivity index (χ1v) is 19.2. The van der Waals surface area contributed by atoms with Crippen molar-refractivity contribution >= 4 is 80.9 Å². The summed E-state index contributed by atoms with van der Waals surface area (Å²) in [4.78, 5) is 2.45. The van der Waals surface area contributed by atoms with Crippen LogP contribution in [0.1, 0.15) is 25.0 Å². The summed E-state index contributed by atoms with van der Waals surface area (Å²) in [5.74, 6) is 0. The molecule has 0 amide bonds. The van der Waals surface area contributed by atoms with Gasteiger partial charge in [-0.1, -0.05) is 147 Å². The van der Waals surface area contributed by atoms with Crippen LogP contribution in [0, 0.1) is 0 Å². The quantitative estimate of drug-likeness (QED) is 0.166. The monoisotopic (exact) mass is 693 g/mol. The summed E-state index contributed by atoms with van der Waals surface area (Å²) in [5.41, 5.74) is 11.3. The Morgan fingerprint density at radius 1 is 0.396 bits per heavy atom. The smallest absolute Gasteiger partial charge is 0.0468 e. The lowest BCUT2D eigenvalue weighted by atomic mass is 9.82. The third-order valence-electron chi connectivity index (χ3n) is 11.6. The van der Waals surface area contributed by atoms with Crippen LogP contribution >= 0.6 is 11.3 Å². The molecule has 0 saturated carbocycles. The number of nitrogens with zero attached hydrogens (tertiary/aromatic N) is 1. The van der Waals surface area contributed by atoms with Crippen molar-refractivity contribution in [3.63, 3.8) is 0 Å². The fraction of sp³-hybridized carbons (Fsp3) is 0.0588. The molecule has 0 N–H and O–H groups in total. The Labute approximate surface area is 313 Å². The largest absolute Gasteiger partial charge is 0.310 e. The minimum absolute atomic E-state index is 0.0986. The van der Waals surface area contributed by atoms with Gasteiger partial charge in [-0.15, -0.1) is 11.3 Å². The molecule has 0 spiro atoms. The summed E-state index contributed by atoms with van der Waals surface area (Å²) >= 11 is 1.93. The van der Waals surface area contributed by atoms with Crippen LogP contribution in [0.3, 0.4) is 0 Å². The van der Waals surface area contributed by atoms with Gasteiger partial charge in [0.15, 0.2) is 0 Å². The molecule has 9 aromatic carbocycles. The van der Waals surface area contributed by atoms with Crippen LogP contribution in [0.15, 0.2) is 176 Å². The number of rotatable bonds is 4. The van der Waals surface area contributed by atoms with Crippen LogP contribution in [-0.4, -0.2) is 0 Å². The molecular formula is C51H35NS. The highest BCUT2D eigenvalue weighted by molar-refractivity contribution is 7.26. The van der Waals surface area contributed by atoms with Gasteiger partial charge in [-0.05, 0) is 103 Å². The first-order valence-electron chi connectivity index (χ1n) is 18.4. The first kappa shape index (κ1) is 30.4. The molecule has 0 atom stereocenters. The van der Waals surface area contributed by atoms with E-state index >= 15 is 0 Å². The maximum Gasteiger partial charge on any atom is 0.0468 e. The van der Waals surface area contributed by atoms with Crippen molar-refractivity contribution in [2.24, 2.45) is 0 Å². The molecule has 1 aromatic heterocycles. The SMILES string of the molecule is CC1(C)c2ccc(N(c3ccc(-c4ccccc4)cc3)c3ccc4c5ccccc5c5ccccc5c4c3)cc2-c2c1ccc1c2sc2ccccc21. The Morgan fingerprint density at radius 3 is 1.62 bits per heavy atom. The number of hydrogen-bond donors (Lipinski definition) is 0. The summed E-state index contributed by atoms with van der Waals surface area (Å²) in [6.45, 7) is 4.77. The highest BCUT2D eigenvalue weighted by Gasteiger charge is 2.37. The number of fused-ring (bicyclic) bond motifs is 13.